The van der Waals surface area contributed by atoms with Gasteiger partial charge in [-0.25, -0.2) is 13.6 Å². The SMILES string of the molecule is O=C(N1CC(C#Cc2ccccc2C(F)F)C1)N1CC[C@@H](c2cnn[nH]2)C1. The van der Waals surface area contributed by atoms with E-state index in [1.54, 1.807) is 29.3 Å². The van der Waals surface area contributed by atoms with Gasteiger partial charge in [0.15, 0.2) is 0 Å². The summed E-state index contributed by atoms with van der Waals surface area (Å²) >= 11 is 0. The lowest BCUT2D eigenvalue weighted by atomic mass is 10.00. The van der Waals surface area contributed by atoms with Gasteiger partial charge in [0, 0.05) is 43.2 Å². The van der Waals surface area contributed by atoms with Gasteiger partial charge in [-0.15, -0.1) is 5.10 Å². The smallest absolute Gasteiger partial charge is 0.320 e. The molecule has 0 spiro atoms. The number of aromatic amines is 1. The maximum atomic E-state index is 13.0. The Bertz CT molecular complexity index is 868. The van der Waals surface area contributed by atoms with Crippen LogP contribution < -0.4 is 0 Å². The van der Waals surface area contributed by atoms with Crippen LogP contribution in [0.5, 0.6) is 0 Å². The molecule has 2 fully saturated rings. The number of hydrogen-bond donors (Lipinski definition) is 1. The maximum Gasteiger partial charge on any atom is 0.320 e. The molecule has 27 heavy (non-hydrogen) atoms. The zero-order valence-electron chi connectivity index (χ0n) is 14.6. The number of benzene rings is 1. The van der Waals surface area contributed by atoms with Crippen LogP contribution in [0.3, 0.4) is 0 Å². The van der Waals surface area contributed by atoms with Crippen LogP contribution >= 0.6 is 0 Å². The van der Waals surface area contributed by atoms with Crippen LogP contribution in [-0.4, -0.2) is 57.4 Å². The van der Waals surface area contributed by atoms with Crippen molar-refractivity contribution < 1.29 is 13.6 Å². The van der Waals surface area contributed by atoms with E-state index in [0.29, 0.717) is 31.7 Å². The molecule has 1 aromatic heterocycles. The van der Waals surface area contributed by atoms with E-state index in [4.69, 9.17) is 0 Å². The highest BCUT2D eigenvalue weighted by Crippen LogP contribution is 2.28. The summed E-state index contributed by atoms with van der Waals surface area (Å²) in [6.07, 6.45) is 0.0468. The number of hydrogen-bond acceptors (Lipinski definition) is 3. The van der Waals surface area contributed by atoms with Crippen molar-refractivity contribution in [2.75, 3.05) is 26.2 Å². The Morgan fingerprint density at radius 1 is 1.22 bits per heavy atom. The first-order valence-corrected chi connectivity index (χ1v) is 8.90. The van der Waals surface area contributed by atoms with Gasteiger partial charge in [-0.2, -0.15) is 0 Å². The van der Waals surface area contributed by atoms with Crippen molar-refractivity contribution in [3.63, 3.8) is 0 Å². The molecule has 2 amide bonds. The number of carbonyl (C=O) groups excluding carboxylic acids is 1. The first kappa shape index (κ1) is 17.5. The number of nitrogens with one attached hydrogen (secondary N) is 1. The molecule has 2 saturated heterocycles. The van der Waals surface area contributed by atoms with Crippen molar-refractivity contribution in [2.24, 2.45) is 5.92 Å². The summed E-state index contributed by atoms with van der Waals surface area (Å²) in [6.45, 7) is 2.43. The minimum absolute atomic E-state index is 0.0102. The Labute approximate surface area is 155 Å². The van der Waals surface area contributed by atoms with Crippen LogP contribution in [-0.2, 0) is 0 Å². The quantitative estimate of drug-likeness (QED) is 0.826. The van der Waals surface area contributed by atoms with Crippen molar-refractivity contribution in [3.05, 3.63) is 47.3 Å². The molecule has 0 aliphatic carbocycles. The van der Waals surface area contributed by atoms with Crippen LogP contribution in [0, 0.1) is 17.8 Å². The van der Waals surface area contributed by atoms with Crippen LogP contribution in [0.2, 0.25) is 0 Å². The fraction of sp³-hybridized carbons (Fsp3) is 0.421. The highest BCUT2D eigenvalue weighted by molar-refractivity contribution is 5.76. The summed E-state index contributed by atoms with van der Waals surface area (Å²) in [5.41, 5.74) is 1.26. The molecule has 4 rings (SSSR count). The lowest BCUT2D eigenvalue weighted by Gasteiger charge is -2.38. The van der Waals surface area contributed by atoms with Gasteiger partial charge in [-0.05, 0) is 12.5 Å². The second-order valence-corrected chi connectivity index (χ2v) is 6.89. The second kappa shape index (κ2) is 7.35. The van der Waals surface area contributed by atoms with Gasteiger partial charge in [0.2, 0.25) is 0 Å². The number of amides is 2. The number of H-pyrrole nitrogens is 1. The maximum absolute atomic E-state index is 13.0. The molecule has 0 bridgehead atoms. The number of alkyl halides is 2. The Morgan fingerprint density at radius 3 is 2.78 bits per heavy atom. The Kier molecular flexibility index (Phi) is 4.75. The minimum Gasteiger partial charge on any atom is -0.324 e. The summed E-state index contributed by atoms with van der Waals surface area (Å²) in [6, 6.07) is 6.29. The van der Waals surface area contributed by atoms with Crippen LogP contribution in [0.15, 0.2) is 30.5 Å². The van der Waals surface area contributed by atoms with Crippen molar-refractivity contribution in [3.8, 4) is 11.8 Å². The van der Waals surface area contributed by atoms with E-state index in [-0.39, 0.29) is 23.4 Å². The summed E-state index contributed by atoms with van der Waals surface area (Å²) < 4.78 is 26.0. The normalized spacial score (nSPS) is 19.7. The molecule has 0 unspecified atom stereocenters. The topological polar surface area (TPSA) is 65.1 Å². The molecular weight excluding hydrogens is 352 g/mol. The van der Waals surface area contributed by atoms with Gasteiger partial charge < -0.3 is 9.80 Å². The molecule has 0 radical (unpaired) electrons. The Balaban J connectivity index is 1.31. The number of carbonyl (C=O) groups is 1. The van der Waals surface area contributed by atoms with E-state index < -0.39 is 6.43 Å². The zero-order chi connectivity index (χ0) is 18.8. The summed E-state index contributed by atoms with van der Waals surface area (Å²) in [5.74, 6) is 6.14. The minimum atomic E-state index is -2.54. The molecule has 1 aromatic carbocycles. The number of rotatable bonds is 2. The molecular formula is C19H19F2N5O. The van der Waals surface area contributed by atoms with Gasteiger partial charge in [-0.1, -0.05) is 35.3 Å². The van der Waals surface area contributed by atoms with E-state index in [0.717, 1.165) is 12.1 Å². The number of urea groups is 1. The standard InChI is InChI=1S/C19H19F2N5O/c20-18(21)16-4-2-1-3-14(16)6-5-13-10-26(11-13)19(27)25-8-7-15(12-25)17-9-22-24-23-17/h1-4,9,13,15,18H,7-8,10-12H2,(H,22,23,24)/t15-/m1/s1. The first-order valence-electron chi connectivity index (χ1n) is 8.90. The monoisotopic (exact) mass is 371 g/mol. The molecule has 2 aromatic rings. The predicted molar refractivity (Wildman–Crippen MR) is 94.0 cm³/mol. The van der Waals surface area contributed by atoms with Gasteiger partial charge in [0.25, 0.3) is 6.43 Å². The Morgan fingerprint density at radius 2 is 2.04 bits per heavy atom. The summed E-state index contributed by atoms with van der Waals surface area (Å²) in [4.78, 5) is 16.2. The number of likely N-dealkylation sites (tertiary alicyclic amines) is 2. The molecule has 140 valence electrons. The predicted octanol–water partition coefficient (Wildman–Crippen LogP) is 2.64. The van der Waals surface area contributed by atoms with E-state index in [1.165, 1.54) is 6.07 Å². The van der Waals surface area contributed by atoms with E-state index in [1.807, 2.05) is 4.90 Å². The largest absolute Gasteiger partial charge is 0.324 e. The average molecular weight is 371 g/mol. The van der Waals surface area contributed by atoms with Crippen molar-refractivity contribution in [1.82, 2.24) is 25.2 Å². The average Bonchev–Trinajstić information content (AvgIpc) is 3.31. The zero-order valence-corrected chi connectivity index (χ0v) is 14.6. The van der Waals surface area contributed by atoms with Crippen molar-refractivity contribution in [1.29, 1.82) is 0 Å². The van der Waals surface area contributed by atoms with E-state index >= 15 is 0 Å². The molecule has 1 atom stereocenters. The van der Waals surface area contributed by atoms with Crippen LogP contribution in [0.1, 0.15) is 35.6 Å². The fourth-order valence-electron chi connectivity index (χ4n) is 3.50. The van der Waals surface area contributed by atoms with Gasteiger partial charge in [-0.3, -0.25) is 5.10 Å². The summed E-state index contributed by atoms with van der Waals surface area (Å²) in [5, 5.41) is 10.4. The molecule has 3 heterocycles. The first-order chi connectivity index (χ1) is 13.1. The van der Waals surface area contributed by atoms with E-state index in [2.05, 4.69) is 27.3 Å². The lowest BCUT2D eigenvalue weighted by Crippen LogP contribution is -2.54. The van der Waals surface area contributed by atoms with Crippen molar-refractivity contribution in [2.45, 2.75) is 18.8 Å². The highest BCUT2D eigenvalue weighted by Gasteiger charge is 2.36. The number of aromatic nitrogens is 3. The molecule has 8 heteroatoms. The van der Waals surface area contributed by atoms with Crippen LogP contribution in [0.25, 0.3) is 0 Å². The molecule has 2 aliphatic heterocycles. The van der Waals surface area contributed by atoms with Gasteiger partial charge >= 0.3 is 6.03 Å². The second-order valence-electron chi connectivity index (χ2n) is 6.89. The third-order valence-electron chi connectivity index (χ3n) is 5.09. The van der Waals surface area contributed by atoms with Gasteiger partial charge in [0.05, 0.1) is 17.8 Å². The molecule has 1 N–H and O–H groups in total. The van der Waals surface area contributed by atoms with E-state index in [9.17, 15) is 13.6 Å². The number of halogens is 2. The van der Waals surface area contributed by atoms with Crippen molar-refractivity contribution >= 4 is 6.03 Å². The van der Waals surface area contributed by atoms with Crippen LogP contribution in [0.4, 0.5) is 13.6 Å². The van der Waals surface area contributed by atoms with Gasteiger partial charge in [0.1, 0.15) is 0 Å². The molecule has 6 nitrogen and oxygen atoms in total. The highest BCUT2D eigenvalue weighted by atomic mass is 19.3. The fourth-order valence-corrected chi connectivity index (χ4v) is 3.50. The number of nitrogens with zero attached hydrogens (tertiary/aromatic N) is 4. The summed E-state index contributed by atoms with van der Waals surface area (Å²) in [7, 11) is 0. The third-order valence-corrected chi connectivity index (χ3v) is 5.09. The third kappa shape index (κ3) is 3.63. The Hall–Kier alpha value is -2.95. The molecule has 0 saturated carbocycles. The lowest BCUT2D eigenvalue weighted by molar-refractivity contribution is 0.115. The molecule has 2 aliphatic rings.